The van der Waals surface area contributed by atoms with Crippen molar-refractivity contribution in [1.29, 1.82) is 0 Å². The molecule has 2 rings (SSSR count). The fraction of sp³-hybridized carbons (Fsp3) is 0.571. The van der Waals surface area contributed by atoms with Crippen molar-refractivity contribution in [3.8, 4) is 0 Å². The zero-order chi connectivity index (χ0) is 11.2. The molecule has 0 heterocycles. The van der Waals surface area contributed by atoms with Crippen LogP contribution in [0.15, 0.2) is 35.2 Å². The number of rotatable bonds is 5. The summed E-state index contributed by atoms with van der Waals surface area (Å²) in [5.41, 5.74) is 0. The van der Waals surface area contributed by atoms with Gasteiger partial charge in [0, 0.05) is 22.7 Å². The van der Waals surface area contributed by atoms with Crippen LogP contribution < -0.4 is 5.32 Å². The molecule has 0 radical (unpaired) electrons. The Morgan fingerprint density at radius 2 is 1.94 bits per heavy atom. The predicted molar refractivity (Wildman–Crippen MR) is 72.0 cm³/mol. The van der Waals surface area contributed by atoms with Crippen LogP contribution in [0.5, 0.6) is 0 Å². The highest BCUT2D eigenvalue weighted by Gasteiger charge is 2.15. The van der Waals surface area contributed by atoms with Crippen molar-refractivity contribution in [3.05, 3.63) is 30.3 Å². The van der Waals surface area contributed by atoms with Crippen molar-refractivity contribution in [2.24, 2.45) is 0 Å². The maximum atomic E-state index is 3.68. The second-order valence-corrected chi connectivity index (χ2v) is 6.14. The Labute approximate surface area is 103 Å². The van der Waals surface area contributed by atoms with Gasteiger partial charge in [-0.1, -0.05) is 38.0 Å². The van der Waals surface area contributed by atoms with Crippen LogP contribution in [0.2, 0.25) is 0 Å². The average molecular weight is 235 g/mol. The molecule has 0 bridgehead atoms. The fourth-order valence-electron chi connectivity index (χ4n) is 2.24. The molecular weight excluding hydrogens is 214 g/mol. The first-order valence-electron chi connectivity index (χ1n) is 6.29. The Kier molecular flexibility index (Phi) is 4.73. The summed E-state index contributed by atoms with van der Waals surface area (Å²) in [6.45, 7) is 3.43. The first-order chi connectivity index (χ1) is 7.84. The molecule has 0 aliphatic heterocycles. The van der Waals surface area contributed by atoms with E-state index in [-0.39, 0.29) is 0 Å². The molecular formula is C14H21NS. The highest BCUT2D eigenvalue weighted by Crippen LogP contribution is 2.23. The van der Waals surface area contributed by atoms with Gasteiger partial charge in [-0.05, 0) is 25.0 Å². The first kappa shape index (κ1) is 12.0. The van der Waals surface area contributed by atoms with E-state index in [2.05, 4.69) is 42.6 Å². The monoisotopic (exact) mass is 235 g/mol. The second kappa shape index (κ2) is 6.31. The minimum atomic E-state index is 0.656. The lowest BCUT2D eigenvalue weighted by molar-refractivity contribution is 0.527. The molecule has 1 nitrogen and oxygen atoms in total. The number of nitrogens with one attached hydrogen (secondary N) is 1. The largest absolute Gasteiger partial charge is 0.313 e. The van der Waals surface area contributed by atoms with E-state index in [1.165, 1.54) is 30.6 Å². The second-order valence-electron chi connectivity index (χ2n) is 4.63. The molecule has 1 N–H and O–H groups in total. The van der Waals surface area contributed by atoms with E-state index in [0.29, 0.717) is 5.25 Å². The van der Waals surface area contributed by atoms with Gasteiger partial charge in [-0.25, -0.2) is 0 Å². The van der Waals surface area contributed by atoms with Gasteiger partial charge in [0.1, 0.15) is 0 Å². The molecule has 0 spiro atoms. The molecule has 1 atom stereocenters. The molecule has 1 aliphatic rings. The lowest BCUT2D eigenvalue weighted by Gasteiger charge is -2.16. The van der Waals surface area contributed by atoms with Gasteiger partial charge in [-0.15, -0.1) is 11.8 Å². The molecule has 1 aliphatic carbocycles. The Morgan fingerprint density at radius 3 is 2.62 bits per heavy atom. The number of hydrogen-bond donors (Lipinski definition) is 1. The molecule has 0 amide bonds. The van der Waals surface area contributed by atoms with E-state index in [4.69, 9.17) is 0 Å². The molecule has 1 unspecified atom stereocenters. The minimum absolute atomic E-state index is 0.656. The zero-order valence-corrected chi connectivity index (χ0v) is 10.8. The predicted octanol–water partition coefficient (Wildman–Crippen LogP) is 3.70. The van der Waals surface area contributed by atoms with E-state index in [1.807, 2.05) is 11.8 Å². The van der Waals surface area contributed by atoms with Crippen LogP contribution in [-0.4, -0.2) is 17.8 Å². The summed E-state index contributed by atoms with van der Waals surface area (Å²) in [7, 11) is 0. The van der Waals surface area contributed by atoms with Crippen molar-refractivity contribution in [2.75, 3.05) is 6.54 Å². The number of hydrogen-bond acceptors (Lipinski definition) is 2. The van der Waals surface area contributed by atoms with E-state index < -0.39 is 0 Å². The summed E-state index contributed by atoms with van der Waals surface area (Å²) in [6.07, 6.45) is 5.58. The van der Waals surface area contributed by atoms with Crippen LogP contribution in [0.1, 0.15) is 32.6 Å². The van der Waals surface area contributed by atoms with Gasteiger partial charge in [0.25, 0.3) is 0 Å². The van der Waals surface area contributed by atoms with E-state index in [0.717, 1.165) is 12.6 Å². The molecule has 1 aromatic carbocycles. The van der Waals surface area contributed by atoms with Gasteiger partial charge in [0.05, 0.1) is 0 Å². The molecule has 1 fully saturated rings. The summed E-state index contributed by atoms with van der Waals surface area (Å²) in [6, 6.07) is 11.5. The molecule has 1 aromatic rings. The normalized spacial score (nSPS) is 18.8. The fourth-order valence-corrected chi connectivity index (χ4v) is 3.19. The van der Waals surface area contributed by atoms with Crippen molar-refractivity contribution in [2.45, 2.75) is 48.8 Å². The minimum Gasteiger partial charge on any atom is -0.313 e. The smallest absolute Gasteiger partial charge is 0.0191 e. The summed E-state index contributed by atoms with van der Waals surface area (Å²) >= 11 is 1.96. The topological polar surface area (TPSA) is 12.0 Å². The van der Waals surface area contributed by atoms with Crippen molar-refractivity contribution < 1.29 is 0 Å². The third-order valence-corrected chi connectivity index (χ3v) is 4.24. The van der Waals surface area contributed by atoms with Crippen molar-refractivity contribution in [1.82, 2.24) is 5.32 Å². The standard InChI is InChI=1S/C14H21NS/c1-12(11-15-13-7-5-6-8-13)16-14-9-3-2-4-10-14/h2-4,9-10,12-13,15H,5-8,11H2,1H3. The highest BCUT2D eigenvalue weighted by molar-refractivity contribution is 8.00. The Morgan fingerprint density at radius 1 is 1.25 bits per heavy atom. The number of benzene rings is 1. The summed E-state index contributed by atoms with van der Waals surface area (Å²) < 4.78 is 0. The Bertz CT molecular complexity index is 293. The SMILES string of the molecule is CC(CNC1CCCC1)Sc1ccccc1. The van der Waals surface area contributed by atoms with Crippen LogP contribution in [0.25, 0.3) is 0 Å². The van der Waals surface area contributed by atoms with Gasteiger partial charge >= 0.3 is 0 Å². The highest BCUT2D eigenvalue weighted by atomic mass is 32.2. The third kappa shape index (κ3) is 3.84. The lowest BCUT2D eigenvalue weighted by Crippen LogP contribution is -2.31. The van der Waals surface area contributed by atoms with Crippen molar-refractivity contribution in [3.63, 3.8) is 0 Å². The summed E-state index contributed by atoms with van der Waals surface area (Å²) in [5, 5.41) is 4.34. The molecule has 0 aromatic heterocycles. The third-order valence-electron chi connectivity index (χ3n) is 3.13. The van der Waals surface area contributed by atoms with Crippen LogP contribution in [0.3, 0.4) is 0 Å². The van der Waals surface area contributed by atoms with Crippen LogP contribution >= 0.6 is 11.8 Å². The van der Waals surface area contributed by atoms with Gasteiger partial charge < -0.3 is 5.32 Å². The van der Waals surface area contributed by atoms with Gasteiger partial charge in [0.15, 0.2) is 0 Å². The van der Waals surface area contributed by atoms with Gasteiger partial charge in [-0.2, -0.15) is 0 Å². The van der Waals surface area contributed by atoms with E-state index in [1.54, 1.807) is 0 Å². The van der Waals surface area contributed by atoms with Crippen LogP contribution in [0.4, 0.5) is 0 Å². The quantitative estimate of drug-likeness (QED) is 0.781. The molecule has 1 saturated carbocycles. The molecule has 0 saturated heterocycles. The summed E-state index contributed by atoms with van der Waals surface area (Å²) in [5.74, 6) is 0. The molecule has 2 heteroatoms. The van der Waals surface area contributed by atoms with Gasteiger partial charge in [-0.3, -0.25) is 0 Å². The lowest BCUT2D eigenvalue weighted by atomic mass is 10.2. The summed E-state index contributed by atoms with van der Waals surface area (Å²) in [4.78, 5) is 1.38. The molecule has 16 heavy (non-hydrogen) atoms. The van der Waals surface area contributed by atoms with Gasteiger partial charge in [0.2, 0.25) is 0 Å². The Balaban J connectivity index is 1.69. The van der Waals surface area contributed by atoms with Crippen molar-refractivity contribution >= 4 is 11.8 Å². The number of thioether (sulfide) groups is 1. The maximum Gasteiger partial charge on any atom is 0.0191 e. The molecule has 88 valence electrons. The average Bonchev–Trinajstić information content (AvgIpc) is 2.81. The van der Waals surface area contributed by atoms with Crippen LogP contribution in [0, 0.1) is 0 Å². The first-order valence-corrected chi connectivity index (χ1v) is 7.17. The van der Waals surface area contributed by atoms with E-state index in [9.17, 15) is 0 Å². The Hall–Kier alpha value is -0.470. The van der Waals surface area contributed by atoms with E-state index >= 15 is 0 Å². The zero-order valence-electron chi connectivity index (χ0n) is 9.99. The maximum absolute atomic E-state index is 3.68. The van der Waals surface area contributed by atoms with Crippen LogP contribution in [-0.2, 0) is 0 Å².